The Hall–Kier alpha value is -1.36. The predicted molar refractivity (Wildman–Crippen MR) is 80.9 cm³/mol. The van der Waals surface area contributed by atoms with Crippen molar-refractivity contribution >= 4 is 22.6 Å². The third kappa shape index (κ3) is 5.42. The molecular formula is C14H23NO3S. The summed E-state index contributed by atoms with van der Waals surface area (Å²) < 4.78 is 13.0. The minimum atomic E-state index is -1.35. The molecule has 0 aromatic heterocycles. The van der Waals surface area contributed by atoms with Gasteiger partial charge in [0.2, 0.25) is 0 Å². The standard InChI is InChI=1S/C12H17NO3S.C2H6/c1-9(2)10-6-4-5-7-11(10)13(17(3)16)8-12(14)15;1-2/h4-7,9H,8H2,1-3H3,(H,14,15);1-2H3. The first-order valence-electron chi connectivity index (χ1n) is 6.35. The number of carboxylic acid groups (broad SMARTS) is 1. The molecule has 19 heavy (non-hydrogen) atoms. The number of carbonyl (C=O) groups is 1. The molecule has 108 valence electrons. The van der Waals surface area contributed by atoms with Crippen LogP contribution in [0.2, 0.25) is 0 Å². The number of anilines is 1. The molecule has 1 unspecified atom stereocenters. The second-order valence-electron chi connectivity index (χ2n) is 4.07. The average Bonchev–Trinajstić information content (AvgIpc) is 2.37. The summed E-state index contributed by atoms with van der Waals surface area (Å²) in [7, 11) is -1.35. The second-order valence-corrected chi connectivity index (χ2v) is 5.36. The number of nitrogens with zero attached hydrogens (tertiary/aromatic N) is 1. The van der Waals surface area contributed by atoms with E-state index in [2.05, 4.69) is 0 Å². The molecule has 1 atom stereocenters. The van der Waals surface area contributed by atoms with E-state index in [0.29, 0.717) is 0 Å². The first kappa shape index (κ1) is 17.6. The smallest absolute Gasteiger partial charge is 0.324 e. The van der Waals surface area contributed by atoms with Gasteiger partial charge in [-0.05, 0) is 17.5 Å². The SMILES string of the molecule is CC.CC(C)c1ccccc1N(CC(=O)O)S(C)=O. The van der Waals surface area contributed by atoms with Crippen LogP contribution >= 0.6 is 0 Å². The van der Waals surface area contributed by atoms with Crippen LogP contribution in [0.4, 0.5) is 5.69 Å². The van der Waals surface area contributed by atoms with Gasteiger partial charge in [0.05, 0.1) is 5.69 Å². The monoisotopic (exact) mass is 285 g/mol. The number of hydrogen-bond acceptors (Lipinski definition) is 2. The molecule has 0 saturated heterocycles. The van der Waals surface area contributed by atoms with E-state index in [1.807, 2.05) is 45.9 Å². The zero-order chi connectivity index (χ0) is 15.0. The fourth-order valence-electron chi connectivity index (χ4n) is 1.64. The van der Waals surface area contributed by atoms with Crippen molar-refractivity contribution in [2.75, 3.05) is 17.1 Å². The summed E-state index contributed by atoms with van der Waals surface area (Å²) in [5.41, 5.74) is 1.73. The summed E-state index contributed by atoms with van der Waals surface area (Å²) >= 11 is 0. The van der Waals surface area contributed by atoms with Gasteiger partial charge in [-0.1, -0.05) is 45.9 Å². The average molecular weight is 285 g/mol. The van der Waals surface area contributed by atoms with E-state index in [0.717, 1.165) is 11.3 Å². The minimum Gasteiger partial charge on any atom is -0.480 e. The van der Waals surface area contributed by atoms with Gasteiger partial charge in [0.25, 0.3) is 0 Å². The highest BCUT2D eigenvalue weighted by molar-refractivity contribution is 7.85. The third-order valence-corrected chi connectivity index (χ3v) is 3.36. The third-order valence-electron chi connectivity index (χ3n) is 2.42. The molecule has 0 amide bonds. The van der Waals surface area contributed by atoms with Gasteiger partial charge in [-0.15, -0.1) is 0 Å². The lowest BCUT2D eigenvalue weighted by molar-refractivity contribution is -0.135. The molecule has 4 nitrogen and oxygen atoms in total. The molecule has 5 heteroatoms. The van der Waals surface area contributed by atoms with Crippen LogP contribution in [-0.4, -0.2) is 28.1 Å². The highest BCUT2D eigenvalue weighted by Crippen LogP contribution is 2.27. The lowest BCUT2D eigenvalue weighted by Crippen LogP contribution is -2.31. The van der Waals surface area contributed by atoms with Gasteiger partial charge < -0.3 is 5.11 Å². The Labute approximate surface area is 118 Å². The van der Waals surface area contributed by atoms with Crippen LogP contribution in [0, 0.1) is 0 Å². The Morgan fingerprint density at radius 3 is 2.26 bits per heavy atom. The van der Waals surface area contributed by atoms with Crippen molar-refractivity contribution in [3.8, 4) is 0 Å². The number of hydrogen-bond donors (Lipinski definition) is 1. The number of para-hydroxylation sites is 1. The maximum Gasteiger partial charge on any atom is 0.324 e. The van der Waals surface area contributed by atoms with Crippen LogP contribution in [0.5, 0.6) is 0 Å². The predicted octanol–water partition coefficient (Wildman–Crippen LogP) is 3.02. The van der Waals surface area contributed by atoms with Crippen molar-refractivity contribution in [2.24, 2.45) is 0 Å². The Kier molecular flexibility index (Phi) is 8.07. The molecule has 0 spiro atoms. The fraction of sp³-hybridized carbons (Fsp3) is 0.500. The highest BCUT2D eigenvalue weighted by atomic mass is 32.2. The molecule has 0 bridgehead atoms. The Morgan fingerprint density at radius 2 is 1.84 bits per heavy atom. The number of rotatable bonds is 5. The van der Waals surface area contributed by atoms with Gasteiger partial charge in [-0.2, -0.15) is 0 Å². The van der Waals surface area contributed by atoms with E-state index in [1.165, 1.54) is 10.6 Å². The normalized spacial score (nSPS) is 11.5. The van der Waals surface area contributed by atoms with Crippen molar-refractivity contribution in [1.29, 1.82) is 0 Å². The van der Waals surface area contributed by atoms with Gasteiger partial charge in [0.1, 0.15) is 17.5 Å². The second kappa shape index (κ2) is 8.69. The summed E-state index contributed by atoms with van der Waals surface area (Å²) in [5, 5.41) is 8.85. The van der Waals surface area contributed by atoms with E-state index in [1.54, 1.807) is 6.07 Å². The molecular weight excluding hydrogens is 262 g/mol. The van der Waals surface area contributed by atoms with Crippen molar-refractivity contribution in [1.82, 2.24) is 0 Å². The molecule has 0 aliphatic rings. The summed E-state index contributed by atoms with van der Waals surface area (Å²) in [6.45, 7) is 7.79. The maximum atomic E-state index is 11.6. The van der Waals surface area contributed by atoms with Crippen LogP contribution in [0.3, 0.4) is 0 Å². The van der Waals surface area contributed by atoms with Gasteiger partial charge >= 0.3 is 5.97 Å². The molecule has 0 fully saturated rings. The van der Waals surface area contributed by atoms with Crippen molar-refractivity contribution in [3.05, 3.63) is 29.8 Å². The number of aliphatic carboxylic acids is 1. The zero-order valence-electron chi connectivity index (χ0n) is 12.2. The Balaban J connectivity index is 0.00000154. The largest absolute Gasteiger partial charge is 0.480 e. The van der Waals surface area contributed by atoms with Crippen LogP contribution in [0.15, 0.2) is 24.3 Å². The lowest BCUT2D eigenvalue weighted by Gasteiger charge is -2.23. The summed E-state index contributed by atoms with van der Waals surface area (Å²) in [5.74, 6) is -0.732. The molecule has 0 aliphatic heterocycles. The molecule has 0 heterocycles. The van der Waals surface area contributed by atoms with Crippen LogP contribution in [-0.2, 0) is 15.8 Å². The van der Waals surface area contributed by atoms with E-state index >= 15 is 0 Å². The number of benzene rings is 1. The first-order chi connectivity index (χ1) is 8.93. The van der Waals surface area contributed by atoms with Crippen molar-refractivity contribution in [3.63, 3.8) is 0 Å². The molecule has 0 saturated carbocycles. The fourth-order valence-corrected chi connectivity index (χ4v) is 2.38. The van der Waals surface area contributed by atoms with E-state index < -0.39 is 17.0 Å². The maximum absolute atomic E-state index is 11.6. The van der Waals surface area contributed by atoms with E-state index in [9.17, 15) is 9.00 Å². The molecule has 0 radical (unpaired) electrons. The Bertz CT molecular complexity index is 432. The van der Waals surface area contributed by atoms with Gasteiger partial charge in [0.15, 0.2) is 0 Å². The van der Waals surface area contributed by atoms with Crippen LogP contribution < -0.4 is 4.31 Å². The van der Waals surface area contributed by atoms with Crippen molar-refractivity contribution < 1.29 is 14.1 Å². The van der Waals surface area contributed by atoms with Gasteiger partial charge in [-0.3, -0.25) is 9.10 Å². The zero-order valence-corrected chi connectivity index (χ0v) is 13.0. The van der Waals surface area contributed by atoms with Crippen LogP contribution in [0.1, 0.15) is 39.2 Å². The summed E-state index contributed by atoms with van der Waals surface area (Å²) in [4.78, 5) is 10.8. The van der Waals surface area contributed by atoms with Crippen molar-refractivity contribution in [2.45, 2.75) is 33.6 Å². The summed E-state index contributed by atoms with van der Waals surface area (Å²) in [6.07, 6.45) is 1.49. The number of carboxylic acids is 1. The molecule has 1 rings (SSSR count). The summed E-state index contributed by atoms with van der Waals surface area (Å²) in [6, 6.07) is 7.46. The molecule has 0 aliphatic carbocycles. The molecule has 1 N–H and O–H groups in total. The van der Waals surface area contributed by atoms with E-state index in [4.69, 9.17) is 5.11 Å². The topological polar surface area (TPSA) is 57.6 Å². The quantitative estimate of drug-likeness (QED) is 0.904. The van der Waals surface area contributed by atoms with E-state index in [-0.39, 0.29) is 12.5 Å². The van der Waals surface area contributed by atoms with Gasteiger partial charge in [-0.25, -0.2) is 4.21 Å². The Morgan fingerprint density at radius 1 is 1.32 bits per heavy atom. The van der Waals surface area contributed by atoms with Crippen LogP contribution in [0.25, 0.3) is 0 Å². The molecule has 1 aromatic rings. The molecule has 1 aromatic carbocycles. The minimum absolute atomic E-state index is 0.256. The lowest BCUT2D eigenvalue weighted by atomic mass is 10.0. The van der Waals surface area contributed by atoms with Gasteiger partial charge in [0, 0.05) is 6.26 Å². The highest BCUT2D eigenvalue weighted by Gasteiger charge is 2.18. The first-order valence-corrected chi connectivity index (χ1v) is 7.86.